The standard InChI is InChI=1S/C23H29N5O5S/c1-3-5-11-28-19-18(20(29)25-23(28)32)27(10-4-2)17(24-19)14-33-22(31)15-8-6-12-26(15)21(30)16-9-7-13-34-16/h7,9,13,15H,3-6,8,10-12,14H2,1-2H3,(H,25,29,32). The maximum atomic E-state index is 12.9. The minimum atomic E-state index is -0.648. The van der Waals surface area contributed by atoms with Crippen LogP contribution in [0.5, 0.6) is 0 Å². The molecule has 0 bridgehead atoms. The van der Waals surface area contributed by atoms with Crippen molar-refractivity contribution in [2.75, 3.05) is 6.54 Å². The van der Waals surface area contributed by atoms with E-state index in [0.717, 1.165) is 25.7 Å². The maximum Gasteiger partial charge on any atom is 0.330 e. The third-order valence-corrected chi connectivity index (χ3v) is 6.87. The molecule has 1 atom stereocenters. The molecule has 3 aromatic heterocycles. The molecule has 1 unspecified atom stereocenters. The molecule has 1 aliphatic heterocycles. The molecule has 0 aromatic carbocycles. The maximum absolute atomic E-state index is 12.9. The van der Waals surface area contributed by atoms with Gasteiger partial charge in [-0.3, -0.25) is 19.1 Å². The Morgan fingerprint density at radius 2 is 2.03 bits per heavy atom. The van der Waals surface area contributed by atoms with Gasteiger partial charge in [0.15, 0.2) is 11.2 Å². The highest BCUT2D eigenvalue weighted by molar-refractivity contribution is 7.12. The lowest BCUT2D eigenvalue weighted by molar-refractivity contribution is -0.149. The lowest BCUT2D eigenvalue weighted by atomic mass is 10.2. The number of carbonyl (C=O) groups is 2. The van der Waals surface area contributed by atoms with Gasteiger partial charge in [-0.15, -0.1) is 11.3 Å². The average Bonchev–Trinajstić information content (AvgIpc) is 3.57. The number of aromatic nitrogens is 4. The van der Waals surface area contributed by atoms with Crippen LogP contribution in [0.3, 0.4) is 0 Å². The lowest BCUT2D eigenvalue weighted by Crippen LogP contribution is -2.41. The van der Waals surface area contributed by atoms with Gasteiger partial charge >= 0.3 is 11.7 Å². The van der Waals surface area contributed by atoms with Gasteiger partial charge in [-0.2, -0.15) is 0 Å². The average molecular weight is 488 g/mol. The van der Waals surface area contributed by atoms with Crippen LogP contribution in [0.15, 0.2) is 27.1 Å². The summed E-state index contributed by atoms with van der Waals surface area (Å²) >= 11 is 1.34. The largest absolute Gasteiger partial charge is 0.456 e. The van der Waals surface area contributed by atoms with Crippen molar-refractivity contribution < 1.29 is 14.3 Å². The van der Waals surface area contributed by atoms with E-state index in [4.69, 9.17) is 4.74 Å². The summed E-state index contributed by atoms with van der Waals surface area (Å²) in [5.74, 6) is -0.255. The molecule has 1 amide bonds. The summed E-state index contributed by atoms with van der Waals surface area (Å²) in [7, 11) is 0. The highest BCUT2D eigenvalue weighted by atomic mass is 32.1. The van der Waals surface area contributed by atoms with Crippen LogP contribution in [0.4, 0.5) is 0 Å². The zero-order valence-electron chi connectivity index (χ0n) is 19.4. The predicted octanol–water partition coefficient (Wildman–Crippen LogP) is 2.51. The van der Waals surface area contributed by atoms with Crippen LogP contribution in [-0.2, 0) is 29.2 Å². The van der Waals surface area contributed by atoms with E-state index in [-0.39, 0.29) is 12.5 Å². The molecular formula is C23H29N5O5S. The number of ether oxygens (including phenoxy) is 1. The van der Waals surface area contributed by atoms with E-state index >= 15 is 0 Å². The van der Waals surface area contributed by atoms with E-state index in [0.29, 0.717) is 47.9 Å². The summed E-state index contributed by atoms with van der Waals surface area (Å²) in [6.07, 6.45) is 3.64. The SMILES string of the molecule is CCCCn1c(=O)[nH]c(=O)c2c1nc(COC(=O)C1CCCN1C(=O)c1cccs1)n2CCC. The van der Waals surface area contributed by atoms with Crippen molar-refractivity contribution in [1.82, 2.24) is 24.0 Å². The van der Waals surface area contributed by atoms with Crippen LogP contribution >= 0.6 is 11.3 Å². The van der Waals surface area contributed by atoms with E-state index < -0.39 is 23.3 Å². The molecule has 3 aromatic rings. The number of esters is 1. The number of aromatic amines is 1. The zero-order chi connectivity index (χ0) is 24.2. The van der Waals surface area contributed by atoms with E-state index in [1.54, 1.807) is 21.6 Å². The van der Waals surface area contributed by atoms with Crippen LogP contribution in [-0.4, -0.2) is 48.5 Å². The summed E-state index contributed by atoms with van der Waals surface area (Å²) in [5.41, 5.74) is -0.393. The van der Waals surface area contributed by atoms with Gasteiger partial charge in [0.05, 0.1) is 4.88 Å². The molecule has 182 valence electrons. The van der Waals surface area contributed by atoms with Crippen molar-refractivity contribution in [3.8, 4) is 0 Å². The number of carbonyl (C=O) groups excluding carboxylic acids is 2. The third kappa shape index (κ3) is 4.56. The minimum absolute atomic E-state index is 0.146. The molecule has 0 aliphatic carbocycles. The predicted molar refractivity (Wildman–Crippen MR) is 128 cm³/mol. The van der Waals surface area contributed by atoms with Crippen LogP contribution in [0.2, 0.25) is 0 Å². The van der Waals surface area contributed by atoms with E-state index in [9.17, 15) is 19.2 Å². The van der Waals surface area contributed by atoms with Gasteiger partial charge in [-0.25, -0.2) is 14.6 Å². The van der Waals surface area contributed by atoms with Gasteiger partial charge in [-0.1, -0.05) is 26.3 Å². The Bertz CT molecular complexity index is 1290. The summed E-state index contributed by atoms with van der Waals surface area (Å²) < 4.78 is 8.79. The lowest BCUT2D eigenvalue weighted by Gasteiger charge is -2.22. The molecule has 1 N–H and O–H groups in total. The smallest absolute Gasteiger partial charge is 0.330 e. The molecule has 4 rings (SSSR count). The Hall–Kier alpha value is -3.21. The topological polar surface area (TPSA) is 119 Å². The van der Waals surface area contributed by atoms with E-state index in [2.05, 4.69) is 9.97 Å². The molecule has 1 saturated heterocycles. The fourth-order valence-corrected chi connectivity index (χ4v) is 5.02. The van der Waals surface area contributed by atoms with E-state index in [1.807, 2.05) is 19.2 Å². The Morgan fingerprint density at radius 3 is 2.74 bits per heavy atom. The number of imidazole rings is 1. The van der Waals surface area contributed by atoms with E-state index in [1.165, 1.54) is 15.9 Å². The summed E-state index contributed by atoms with van der Waals surface area (Å²) in [6.45, 7) is 5.27. The molecule has 1 aliphatic rings. The Morgan fingerprint density at radius 1 is 1.21 bits per heavy atom. The first kappa shape index (κ1) is 23.9. The number of hydrogen-bond donors (Lipinski definition) is 1. The monoisotopic (exact) mass is 487 g/mol. The number of aryl methyl sites for hydroxylation is 2. The molecular weight excluding hydrogens is 458 g/mol. The van der Waals surface area contributed by atoms with Crippen LogP contribution < -0.4 is 11.2 Å². The molecule has 11 heteroatoms. The van der Waals surface area contributed by atoms with Crippen molar-refractivity contribution in [3.05, 3.63) is 49.1 Å². The molecule has 1 fully saturated rings. The van der Waals surface area contributed by atoms with Gasteiger partial charge in [-0.05, 0) is 37.1 Å². The molecule has 0 radical (unpaired) electrons. The highest BCUT2D eigenvalue weighted by Crippen LogP contribution is 2.24. The fraction of sp³-hybridized carbons (Fsp3) is 0.522. The Balaban J connectivity index is 1.59. The molecule has 0 spiro atoms. The molecule has 34 heavy (non-hydrogen) atoms. The quantitative estimate of drug-likeness (QED) is 0.463. The number of fused-ring (bicyclic) bond motifs is 1. The molecule has 4 heterocycles. The number of amides is 1. The second-order valence-corrected chi connectivity index (χ2v) is 9.31. The van der Waals surface area contributed by atoms with Crippen molar-refractivity contribution in [3.63, 3.8) is 0 Å². The summed E-state index contributed by atoms with van der Waals surface area (Å²) in [5, 5.41) is 1.83. The van der Waals surface area contributed by atoms with Crippen LogP contribution in [0.1, 0.15) is 61.4 Å². The van der Waals surface area contributed by atoms with Crippen LogP contribution in [0, 0.1) is 0 Å². The Kier molecular flexibility index (Phi) is 7.30. The molecule has 0 saturated carbocycles. The van der Waals surface area contributed by atoms with Gasteiger partial charge in [0.2, 0.25) is 0 Å². The first-order valence-corrected chi connectivity index (χ1v) is 12.6. The number of nitrogens with one attached hydrogen (secondary N) is 1. The third-order valence-electron chi connectivity index (χ3n) is 6.01. The number of nitrogens with zero attached hydrogens (tertiary/aromatic N) is 4. The van der Waals surface area contributed by atoms with Crippen molar-refractivity contribution in [2.24, 2.45) is 0 Å². The summed E-state index contributed by atoms with van der Waals surface area (Å²) in [6, 6.07) is 2.90. The van der Waals surface area contributed by atoms with Crippen molar-refractivity contribution in [1.29, 1.82) is 0 Å². The first-order chi connectivity index (χ1) is 16.5. The number of thiophene rings is 1. The number of hydrogen-bond acceptors (Lipinski definition) is 7. The van der Waals surface area contributed by atoms with Gasteiger partial charge < -0.3 is 14.2 Å². The van der Waals surface area contributed by atoms with Gasteiger partial charge in [0.25, 0.3) is 11.5 Å². The van der Waals surface area contributed by atoms with Crippen LogP contribution in [0.25, 0.3) is 11.2 Å². The Labute approximate surface area is 200 Å². The van der Waals surface area contributed by atoms with Crippen molar-refractivity contribution in [2.45, 2.75) is 71.7 Å². The van der Waals surface area contributed by atoms with Gasteiger partial charge in [0, 0.05) is 19.6 Å². The first-order valence-electron chi connectivity index (χ1n) is 11.7. The van der Waals surface area contributed by atoms with Crippen molar-refractivity contribution >= 4 is 34.4 Å². The fourth-order valence-electron chi connectivity index (χ4n) is 4.34. The highest BCUT2D eigenvalue weighted by Gasteiger charge is 2.36. The summed E-state index contributed by atoms with van der Waals surface area (Å²) in [4.78, 5) is 59.9. The normalized spacial score (nSPS) is 15.8. The number of H-pyrrole nitrogens is 1. The zero-order valence-corrected chi connectivity index (χ0v) is 20.2. The number of rotatable bonds is 9. The minimum Gasteiger partial charge on any atom is -0.456 e. The number of unbranched alkanes of at least 4 members (excludes halogenated alkanes) is 1. The second-order valence-electron chi connectivity index (χ2n) is 8.36. The molecule has 10 nitrogen and oxygen atoms in total. The second kappa shape index (κ2) is 10.4. The van der Waals surface area contributed by atoms with Gasteiger partial charge in [0.1, 0.15) is 18.5 Å². The number of likely N-dealkylation sites (tertiary alicyclic amines) is 1.